The fourth-order valence-corrected chi connectivity index (χ4v) is 5.99. The van der Waals surface area contributed by atoms with E-state index >= 15 is 0 Å². The van der Waals surface area contributed by atoms with Gasteiger partial charge in [-0.05, 0) is 25.7 Å². The molecule has 0 aromatic carbocycles. The number of carbonyl (C=O) groups is 2. The molecule has 45 heavy (non-hydrogen) atoms. The maximum absolute atomic E-state index is 10.2. The third-order valence-electron chi connectivity index (χ3n) is 8.97. The quantitative estimate of drug-likeness (QED) is 0.0485. The van der Waals surface area contributed by atoms with E-state index in [4.69, 9.17) is 0 Å². The number of aliphatic carboxylic acids is 2. The molecule has 4 nitrogen and oxygen atoms in total. The first-order valence-electron chi connectivity index (χ1n) is 19.9. The number of carbonyl (C=O) groups excluding carboxylic acids is 2. The largest absolute Gasteiger partial charge is 2.00 e. The zero-order chi connectivity index (χ0) is 32.6. The Morgan fingerprint density at radius 1 is 0.289 bits per heavy atom. The van der Waals surface area contributed by atoms with Crippen LogP contribution in [0, 0.1) is 0 Å². The molecule has 0 aromatic rings. The predicted molar refractivity (Wildman–Crippen MR) is 188 cm³/mol. The van der Waals surface area contributed by atoms with Crippen LogP contribution >= 0.6 is 0 Å². The van der Waals surface area contributed by atoms with E-state index in [1.54, 1.807) is 0 Å². The fraction of sp³-hybridized carbons (Fsp3) is 0.950. The Morgan fingerprint density at radius 2 is 0.422 bits per heavy atom. The van der Waals surface area contributed by atoms with E-state index in [0.29, 0.717) is 0 Å². The van der Waals surface area contributed by atoms with Crippen molar-refractivity contribution in [2.45, 2.75) is 245 Å². The summed E-state index contributed by atoms with van der Waals surface area (Å²) in [5.74, 6) is -1.80. The van der Waals surface area contributed by atoms with Crippen molar-refractivity contribution < 1.29 is 39.3 Å². The van der Waals surface area contributed by atoms with E-state index < -0.39 is 11.9 Å². The molecule has 0 rings (SSSR count). The van der Waals surface area contributed by atoms with Gasteiger partial charge in [0, 0.05) is 11.9 Å². The van der Waals surface area contributed by atoms with E-state index in [2.05, 4.69) is 13.8 Å². The number of hydrogen-bond donors (Lipinski definition) is 0. The van der Waals surface area contributed by atoms with Crippen molar-refractivity contribution in [1.82, 2.24) is 0 Å². The van der Waals surface area contributed by atoms with Gasteiger partial charge in [0.25, 0.3) is 0 Å². The van der Waals surface area contributed by atoms with Crippen molar-refractivity contribution in [3.05, 3.63) is 0 Å². The third kappa shape index (κ3) is 53.3. The molecule has 0 heterocycles. The molecule has 0 aromatic heterocycles. The molecule has 0 atom stereocenters. The van der Waals surface area contributed by atoms with Gasteiger partial charge in [-0.1, -0.05) is 219 Å². The SMILES string of the molecule is CCCCCCCCCCCCCCCCCCCC(=O)[O-].CCCCCCCCCCCCCCCCCCCC(=O)[O-].[Zn+2]. The van der Waals surface area contributed by atoms with Gasteiger partial charge in [-0.3, -0.25) is 0 Å². The van der Waals surface area contributed by atoms with Crippen LogP contribution in [0.15, 0.2) is 0 Å². The first kappa shape index (κ1) is 49.0. The van der Waals surface area contributed by atoms with Gasteiger partial charge in [0.1, 0.15) is 0 Å². The normalized spacial score (nSPS) is 10.7. The molecule has 0 aliphatic carbocycles. The summed E-state index contributed by atoms with van der Waals surface area (Å²) < 4.78 is 0. The Kier molecular flexibility index (Phi) is 49.7. The van der Waals surface area contributed by atoms with Crippen LogP contribution in [0.3, 0.4) is 0 Å². The standard InChI is InChI=1S/2C20H40O2.Zn/c2*1-2-3-4-5-6-7-8-9-10-11-12-13-14-15-16-17-18-19-20(21)22;/h2*2-19H2,1H3,(H,21,22);/q;;+2/p-2. The molecule has 0 unspecified atom stereocenters. The first-order valence-corrected chi connectivity index (χ1v) is 19.9. The van der Waals surface area contributed by atoms with Crippen molar-refractivity contribution in [3.8, 4) is 0 Å². The Hall–Kier alpha value is -0.437. The van der Waals surface area contributed by atoms with Crippen LogP contribution < -0.4 is 10.2 Å². The van der Waals surface area contributed by atoms with Crippen molar-refractivity contribution in [3.63, 3.8) is 0 Å². The topological polar surface area (TPSA) is 80.3 Å². The second-order valence-electron chi connectivity index (χ2n) is 13.6. The minimum absolute atomic E-state index is 0. The minimum atomic E-state index is -0.902. The predicted octanol–water partition coefficient (Wildman–Crippen LogP) is 11.6. The zero-order valence-corrected chi connectivity index (χ0v) is 33.8. The van der Waals surface area contributed by atoms with Gasteiger partial charge in [0.05, 0.1) is 0 Å². The zero-order valence-electron chi connectivity index (χ0n) is 30.8. The van der Waals surface area contributed by atoms with E-state index in [1.807, 2.05) is 0 Å². The molecular formula is C40H78O4Zn. The Bertz CT molecular complexity index is 506. The van der Waals surface area contributed by atoms with Crippen molar-refractivity contribution in [1.29, 1.82) is 0 Å². The van der Waals surface area contributed by atoms with Gasteiger partial charge in [-0.15, -0.1) is 0 Å². The molecule has 0 bridgehead atoms. The van der Waals surface area contributed by atoms with Crippen molar-refractivity contribution >= 4 is 11.9 Å². The number of hydrogen-bond acceptors (Lipinski definition) is 4. The van der Waals surface area contributed by atoms with E-state index in [-0.39, 0.29) is 32.3 Å². The maximum Gasteiger partial charge on any atom is 2.00 e. The molecular weight excluding hydrogens is 610 g/mol. The average molecular weight is 688 g/mol. The smallest absolute Gasteiger partial charge is 0.550 e. The van der Waals surface area contributed by atoms with Gasteiger partial charge >= 0.3 is 19.5 Å². The van der Waals surface area contributed by atoms with Gasteiger partial charge in [0.15, 0.2) is 0 Å². The molecule has 5 heteroatoms. The molecule has 0 spiro atoms. The van der Waals surface area contributed by atoms with E-state index in [0.717, 1.165) is 25.7 Å². The maximum atomic E-state index is 10.2. The average Bonchev–Trinajstić information content (AvgIpc) is 3.00. The van der Waals surface area contributed by atoms with Crippen LogP contribution in [0.2, 0.25) is 0 Å². The van der Waals surface area contributed by atoms with Gasteiger partial charge in [0.2, 0.25) is 0 Å². The van der Waals surface area contributed by atoms with Crippen LogP contribution in [0.1, 0.15) is 245 Å². The Balaban J connectivity index is -0.000000767. The van der Waals surface area contributed by atoms with Gasteiger partial charge in [-0.25, -0.2) is 0 Å². The monoisotopic (exact) mass is 687 g/mol. The molecule has 0 amide bonds. The van der Waals surface area contributed by atoms with Crippen LogP contribution in [0.4, 0.5) is 0 Å². The summed E-state index contributed by atoms with van der Waals surface area (Å²) in [5, 5.41) is 20.5. The van der Waals surface area contributed by atoms with Gasteiger partial charge < -0.3 is 19.8 Å². The molecule has 0 fully saturated rings. The van der Waals surface area contributed by atoms with Crippen LogP contribution in [-0.2, 0) is 29.1 Å². The molecule has 264 valence electrons. The number of carboxylic acid groups (broad SMARTS) is 2. The van der Waals surface area contributed by atoms with Crippen LogP contribution in [0.5, 0.6) is 0 Å². The second-order valence-corrected chi connectivity index (χ2v) is 13.6. The molecule has 0 radical (unpaired) electrons. The molecule has 0 N–H and O–H groups in total. The van der Waals surface area contributed by atoms with Crippen molar-refractivity contribution in [2.24, 2.45) is 0 Å². The van der Waals surface area contributed by atoms with E-state index in [9.17, 15) is 19.8 Å². The summed E-state index contributed by atoms with van der Waals surface area (Å²) in [5.41, 5.74) is 0. The summed E-state index contributed by atoms with van der Waals surface area (Å²) in [6, 6.07) is 0. The van der Waals surface area contributed by atoms with Gasteiger partial charge in [-0.2, -0.15) is 0 Å². The Morgan fingerprint density at radius 3 is 0.556 bits per heavy atom. The third-order valence-corrected chi connectivity index (χ3v) is 8.97. The molecule has 0 saturated carbocycles. The first-order chi connectivity index (χ1) is 21.5. The minimum Gasteiger partial charge on any atom is -0.550 e. The molecule has 0 aliphatic rings. The summed E-state index contributed by atoms with van der Waals surface area (Å²) >= 11 is 0. The van der Waals surface area contributed by atoms with E-state index in [1.165, 1.54) is 193 Å². The molecule has 0 aliphatic heterocycles. The summed E-state index contributed by atoms with van der Waals surface area (Å²) in [4.78, 5) is 20.5. The summed E-state index contributed by atoms with van der Waals surface area (Å²) in [6.07, 6.45) is 45.6. The number of carboxylic acids is 2. The van der Waals surface area contributed by atoms with Crippen LogP contribution in [0.25, 0.3) is 0 Å². The number of rotatable bonds is 36. The second kappa shape index (κ2) is 45.7. The summed E-state index contributed by atoms with van der Waals surface area (Å²) in [6.45, 7) is 4.55. The Labute approximate surface area is 295 Å². The van der Waals surface area contributed by atoms with Crippen molar-refractivity contribution in [2.75, 3.05) is 0 Å². The number of unbranched alkanes of at least 4 members (excludes halogenated alkanes) is 32. The van der Waals surface area contributed by atoms with Crippen LogP contribution in [-0.4, -0.2) is 11.9 Å². The summed E-state index contributed by atoms with van der Waals surface area (Å²) in [7, 11) is 0. The fourth-order valence-electron chi connectivity index (χ4n) is 5.99. The molecule has 0 saturated heterocycles.